The maximum Gasteiger partial charge on any atom is 0.248 e. The Morgan fingerprint density at radius 1 is 1.08 bits per heavy atom. The number of rotatable bonds is 5. The maximum atomic E-state index is 11.4. The highest BCUT2D eigenvalue weighted by atomic mass is 16.5. The predicted molar refractivity (Wildman–Crippen MR) is 91.4 cm³/mol. The van der Waals surface area contributed by atoms with Crippen LogP contribution < -0.4 is 15.0 Å². The molecule has 2 aromatic carbocycles. The number of fused-ring (bicyclic) bond motifs is 1. The van der Waals surface area contributed by atoms with E-state index in [-0.39, 0.29) is 12.2 Å². The molecule has 0 radical (unpaired) electrons. The molecular weight excluding hydrogens is 308 g/mol. The van der Waals surface area contributed by atoms with Crippen LogP contribution in [0.15, 0.2) is 64.5 Å². The predicted octanol–water partition coefficient (Wildman–Crippen LogP) is 2.79. The van der Waals surface area contributed by atoms with Gasteiger partial charge in [-0.15, -0.1) is 0 Å². The lowest BCUT2D eigenvalue weighted by molar-refractivity contribution is 0.308. The van der Waals surface area contributed by atoms with Gasteiger partial charge in [-0.1, -0.05) is 5.16 Å². The van der Waals surface area contributed by atoms with Gasteiger partial charge in [0.25, 0.3) is 0 Å². The van der Waals surface area contributed by atoms with Crippen molar-refractivity contribution in [1.29, 1.82) is 0 Å². The quantitative estimate of drug-likeness (QED) is 0.429. The van der Waals surface area contributed by atoms with Crippen molar-refractivity contribution in [3.8, 4) is 11.5 Å². The van der Waals surface area contributed by atoms with Gasteiger partial charge >= 0.3 is 0 Å². The fourth-order valence-corrected chi connectivity index (χ4v) is 2.32. The Labute approximate surface area is 138 Å². The summed E-state index contributed by atoms with van der Waals surface area (Å²) >= 11 is 0. The Balaban J connectivity index is 1.76. The van der Waals surface area contributed by atoms with E-state index in [2.05, 4.69) is 10.1 Å². The van der Waals surface area contributed by atoms with Crippen molar-refractivity contribution in [3.05, 3.63) is 70.5 Å². The first-order chi connectivity index (χ1) is 11.7. The standard InChI is InChI=1S/C18H16N2O4/c1-23-14-6-2-13(3-7-14)17(20-22)11-24-15-8-4-12-5-9-18(21)19-16(12)10-15/h2-10,22H,11H2,1H3,(H,19,21)/b20-17+. The summed E-state index contributed by atoms with van der Waals surface area (Å²) in [5.74, 6) is 1.29. The first kappa shape index (κ1) is 15.6. The van der Waals surface area contributed by atoms with Gasteiger partial charge in [-0.3, -0.25) is 4.79 Å². The summed E-state index contributed by atoms with van der Waals surface area (Å²) in [4.78, 5) is 14.1. The lowest BCUT2D eigenvalue weighted by Crippen LogP contribution is -2.13. The zero-order chi connectivity index (χ0) is 16.9. The second kappa shape index (κ2) is 6.87. The van der Waals surface area contributed by atoms with Crippen LogP contribution in [0.1, 0.15) is 5.56 Å². The van der Waals surface area contributed by atoms with Gasteiger partial charge in [0.15, 0.2) is 0 Å². The van der Waals surface area contributed by atoms with E-state index >= 15 is 0 Å². The second-order valence-corrected chi connectivity index (χ2v) is 5.14. The van der Waals surface area contributed by atoms with Crippen LogP contribution in [0.5, 0.6) is 11.5 Å². The van der Waals surface area contributed by atoms with Crippen molar-refractivity contribution >= 4 is 16.6 Å². The number of nitrogens with one attached hydrogen (secondary N) is 1. The van der Waals surface area contributed by atoms with Gasteiger partial charge in [0.1, 0.15) is 23.8 Å². The summed E-state index contributed by atoms with van der Waals surface area (Å²) in [7, 11) is 1.59. The average Bonchev–Trinajstić information content (AvgIpc) is 2.62. The van der Waals surface area contributed by atoms with Crippen LogP contribution in [-0.2, 0) is 0 Å². The van der Waals surface area contributed by atoms with Gasteiger partial charge in [-0.05, 0) is 47.9 Å². The molecule has 2 N–H and O–H groups in total. The van der Waals surface area contributed by atoms with E-state index in [1.165, 1.54) is 6.07 Å². The van der Waals surface area contributed by atoms with Crippen molar-refractivity contribution in [3.63, 3.8) is 0 Å². The van der Waals surface area contributed by atoms with Gasteiger partial charge in [-0.25, -0.2) is 0 Å². The summed E-state index contributed by atoms with van der Waals surface area (Å²) in [6.45, 7) is 0.0887. The summed E-state index contributed by atoms with van der Waals surface area (Å²) < 4.78 is 10.8. The van der Waals surface area contributed by atoms with Crippen molar-refractivity contribution in [2.75, 3.05) is 13.7 Å². The van der Waals surface area contributed by atoms with E-state index < -0.39 is 0 Å². The molecular formula is C18H16N2O4. The number of hydrogen-bond donors (Lipinski definition) is 2. The van der Waals surface area contributed by atoms with E-state index in [9.17, 15) is 10.0 Å². The molecule has 0 aliphatic carbocycles. The number of nitrogens with zero attached hydrogens (tertiary/aromatic N) is 1. The molecule has 0 spiro atoms. The van der Waals surface area contributed by atoms with Crippen LogP contribution in [-0.4, -0.2) is 29.6 Å². The highest BCUT2D eigenvalue weighted by molar-refractivity contribution is 6.01. The molecule has 6 heteroatoms. The highest BCUT2D eigenvalue weighted by Crippen LogP contribution is 2.19. The molecule has 0 amide bonds. The SMILES string of the molecule is COc1ccc(/C(COc2ccc3ccc(=O)[nH]c3c2)=N/O)cc1. The monoisotopic (exact) mass is 324 g/mol. The minimum absolute atomic E-state index is 0.0887. The third kappa shape index (κ3) is 3.38. The van der Waals surface area contributed by atoms with Gasteiger partial charge in [0.05, 0.1) is 12.6 Å². The normalized spacial score (nSPS) is 11.5. The number of benzene rings is 2. The van der Waals surface area contributed by atoms with Gasteiger partial charge in [-0.2, -0.15) is 0 Å². The Kier molecular flexibility index (Phi) is 4.47. The molecule has 0 aliphatic heterocycles. The number of pyridine rings is 1. The number of ether oxygens (including phenoxy) is 2. The molecule has 0 saturated carbocycles. The van der Waals surface area contributed by atoms with Crippen LogP contribution in [0.25, 0.3) is 10.9 Å². The summed E-state index contributed by atoms with van der Waals surface area (Å²) in [6.07, 6.45) is 0. The van der Waals surface area contributed by atoms with Crippen molar-refractivity contribution < 1.29 is 14.7 Å². The molecule has 3 rings (SSSR count). The molecule has 6 nitrogen and oxygen atoms in total. The van der Waals surface area contributed by atoms with Gasteiger partial charge in [0, 0.05) is 17.7 Å². The zero-order valence-corrected chi connectivity index (χ0v) is 13.0. The maximum absolute atomic E-state index is 11.4. The number of oxime groups is 1. The third-order valence-corrected chi connectivity index (χ3v) is 3.62. The smallest absolute Gasteiger partial charge is 0.248 e. The fraction of sp³-hybridized carbons (Fsp3) is 0.111. The van der Waals surface area contributed by atoms with E-state index in [1.807, 2.05) is 6.07 Å². The number of hydrogen-bond acceptors (Lipinski definition) is 5. The molecule has 0 saturated heterocycles. The largest absolute Gasteiger partial charge is 0.497 e. The third-order valence-electron chi connectivity index (χ3n) is 3.62. The second-order valence-electron chi connectivity index (χ2n) is 5.14. The molecule has 3 aromatic rings. The Morgan fingerprint density at radius 2 is 1.79 bits per heavy atom. The molecule has 122 valence electrons. The number of H-pyrrole nitrogens is 1. The molecule has 0 aliphatic rings. The van der Waals surface area contributed by atoms with Crippen molar-refractivity contribution in [1.82, 2.24) is 4.98 Å². The highest BCUT2D eigenvalue weighted by Gasteiger charge is 2.07. The van der Waals surface area contributed by atoms with Crippen molar-refractivity contribution in [2.24, 2.45) is 5.16 Å². The summed E-state index contributed by atoms with van der Waals surface area (Å²) in [5, 5.41) is 13.4. The Bertz CT molecular complexity index is 930. The molecule has 1 heterocycles. The van der Waals surface area contributed by atoms with Crippen LogP contribution >= 0.6 is 0 Å². The van der Waals surface area contributed by atoms with Crippen LogP contribution in [0, 0.1) is 0 Å². The lowest BCUT2D eigenvalue weighted by atomic mass is 10.1. The van der Waals surface area contributed by atoms with Crippen LogP contribution in [0.4, 0.5) is 0 Å². The summed E-state index contributed by atoms with van der Waals surface area (Å²) in [5.41, 5.74) is 1.63. The van der Waals surface area contributed by atoms with Gasteiger partial charge in [0.2, 0.25) is 5.56 Å². The molecule has 0 fully saturated rings. The van der Waals surface area contributed by atoms with E-state index in [0.717, 1.165) is 16.7 Å². The molecule has 24 heavy (non-hydrogen) atoms. The minimum Gasteiger partial charge on any atom is -0.497 e. The van der Waals surface area contributed by atoms with Gasteiger partial charge < -0.3 is 19.7 Å². The zero-order valence-electron chi connectivity index (χ0n) is 13.0. The Hall–Kier alpha value is -3.28. The average molecular weight is 324 g/mol. The van der Waals surface area contributed by atoms with E-state index in [4.69, 9.17) is 9.47 Å². The number of aromatic nitrogens is 1. The summed E-state index contributed by atoms with van der Waals surface area (Å²) in [6, 6.07) is 15.7. The van der Waals surface area contributed by atoms with E-state index in [1.54, 1.807) is 49.6 Å². The molecule has 0 atom stereocenters. The van der Waals surface area contributed by atoms with E-state index in [0.29, 0.717) is 17.0 Å². The van der Waals surface area contributed by atoms with Crippen molar-refractivity contribution in [2.45, 2.75) is 0 Å². The molecule has 0 unspecified atom stereocenters. The van der Waals surface area contributed by atoms with Crippen LogP contribution in [0.2, 0.25) is 0 Å². The Morgan fingerprint density at radius 3 is 2.50 bits per heavy atom. The topological polar surface area (TPSA) is 83.9 Å². The number of methoxy groups -OCH3 is 1. The minimum atomic E-state index is -0.171. The molecule has 1 aromatic heterocycles. The van der Waals surface area contributed by atoms with Crippen LogP contribution in [0.3, 0.4) is 0 Å². The fourth-order valence-electron chi connectivity index (χ4n) is 2.32. The lowest BCUT2D eigenvalue weighted by Gasteiger charge is -2.09. The number of aromatic amines is 1. The first-order valence-corrected chi connectivity index (χ1v) is 7.31. The first-order valence-electron chi connectivity index (χ1n) is 7.31. The molecule has 0 bridgehead atoms.